The highest BCUT2D eigenvalue weighted by molar-refractivity contribution is 8.18. The summed E-state index contributed by atoms with van der Waals surface area (Å²) in [4.78, 5) is 1.19. The van der Waals surface area contributed by atoms with E-state index >= 15 is 0 Å². The smallest absolute Gasteiger partial charge is 0.00557 e. The van der Waals surface area contributed by atoms with Crippen molar-refractivity contribution in [1.29, 1.82) is 0 Å². The molecule has 0 spiro atoms. The van der Waals surface area contributed by atoms with Gasteiger partial charge < -0.3 is 0 Å². The molecule has 1 aliphatic heterocycles. The quantitative estimate of drug-likeness (QED) is 0.581. The van der Waals surface area contributed by atoms with Gasteiger partial charge in [0.1, 0.15) is 0 Å². The summed E-state index contributed by atoms with van der Waals surface area (Å²) >= 11 is 0. The van der Waals surface area contributed by atoms with Gasteiger partial charge in [0.2, 0.25) is 0 Å². The van der Waals surface area contributed by atoms with Crippen LogP contribution in [-0.4, -0.2) is 11.6 Å². The van der Waals surface area contributed by atoms with Gasteiger partial charge in [-0.3, -0.25) is 0 Å². The summed E-state index contributed by atoms with van der Waals surface area (Å²) in [6, 6.07) is 4.57. The van der Waals surface area contributed by atoms with Crippen LogP contribution in [0.5, 0.6) is 0 Å². The third-order valence-corrected chi connectivity index (χ3v) is 5.53. The minimum atomic E-state index is 0.0830. The Balaban J connectivity index is 2.57. The van der Waals surface area contributed by atoms with Crippen LogP contribution in [0.4, 0.5) is 0 Å². The molecule has 1 aromatic carbocycles. The lowest BCUT2D eigenvalue weighted by Crippen LogP contribution is -1.91. The molecule has 1 unspecified atom stereocenters. The number of aryl methyl sites for hydroxylation is 2. The summed E-state index contributed by atoms with van der Waals surface area (Å²) < 4.78 is 0. The summed E-state index contributed by atoms with van der Waals surface area (Å²) in [5.74, 6) is 0. The van der Waals surface area contributed by atoms with Gasteiger partial charge in [-0.25, -0.2) is 0 Å². The first-order valence-corrected chi connectivity index (χ1v) is 8.91. The molecule has 0 N–H and O–H groups in total. The van der Waals surface area contributed by atoms with Gasteiger partial charge in [0, 0.05) is 0 Å². The average Bonchev–Trinajstić information content (AvgIpc) is 2.48. The van der Waals surface area contributed by atoms with Crippen molar-refractivity contribution in [2.24, 2.45) is 0 Å². The van der Waals surface area contributed by atoms with Crippen molar-refractivity contribution in [3.63, 3.8) is 0 Å². The van der Waals surface area contributed by atoms with E-state index < -0.39 is 0 Å². The van der Waals surface area contributed by atoms with Gasteiger partial charge in [-0.1, -0.05) is 36.4 Å². The molecule has 0 fully saturated rings. The zero-order valence-corrected chi connectivity index (χ0v) is 14.5. The van der Waals surface area contributed by atoms with E-state index in [1.54, 1.807) is 0 Å². The third-order valence-electron chi connectivity index (χ3n) is 4.04. The lowest BCUT2D eigenvalue weighted by molar-refractivity contribution is 1.26. The normalized spacial score (nSPS) is 23.9. The Hall–Kier alpha value is -1.60. The molecule has 21 heavy (non-hydrogen) atoms. The zero-order valence-electron chi connectivity index (χ0n) is 13.7. The molecule has 2 rings (SSSR count). The second-order valence-electron chi connectivity index (χ2n) is 5.74. The van der Waals surface area contributed by atoms with Crippen LogP contribution >= 0.6 is 10.5 Å². The SMILES string of the molecule is C=C1C=C(C)/C=C/C(c2cc(C)c(C)c(C)c2)=C\C=S/1C. The van der Waals surface area contributed by atoms with Gasteiger partial charge in [-0.2, -0.15) is 10.5 Å². The van der Waals surface area contributed by atoms with Crippen LogP contribution in [0.25, 0.3) is 5.57 Å². The van der Waals surface area contributed by atoms with Crippen molar-refractivity contribution in [1.82, 2.24) is 0 Å². The Bertz CT molecular complexity index is 686. The Morgan fingerprint density at radius 3 is 2.19 bits per heavy atom. The average molecular weight is 296 g/mol. The fourth-order valence-corrected chi connectivity index (χ4v) is 3.23. The Morgan fingerprint density at radius 2 is 1.57 bits per heavy atom. The van der Waals surface area contributed by atoms with E-state index in [2.05, 4.69) is 82.3 Å². The molecule has 0 bridgehead atoms. The first kappa shape index (κ1) is 15.8. The predicted octanol–water partition coefficient (Wildman–Crippen LogP) is 5.73. The van der Waals surface area contributed by atoms with Gasteiger partial charge >= 0.3 is 0 Å². The molecule has 0 saturated heterocycles. The fraction of sp³-hybridized carbons (Fsp3) is 0.250. The summed E-state index contributed by atoms with van der Waals surface area (Å²) in [5, 5.41) is 2.27. The van der Waals surface area contributed by atoms with Crippen molar-refractivity contribution >= 4 is 21.4 Å². The van der Waals surface area contributed by atoms with Gasteiger partial charge in [-0.15, -0.1) is 0 Å². The van der Waals surface area contributed by atoms with Gasteiger partial charge in [-0.05, 0) is 84.2 Å². The highest BCUT2D eigenvalue weighted by Gasteiger charge is 2.05. The number of allylic oxidation sites excluding steroid dienone is 6. The van der Waals surface area contributed by atoms with Crippen LogP contribution in [0.1, 0.15) is 29.2 Å². The monoisotopic (exact) mass is 296 g/mol. The van der Waals surface area contributed by atoms with E-state index in [1.165, 1.54) is 38.3 Å². The molecular formula is C20H24S. The van der Waals surface area contributed by atoms with Crippen molar-refractivity contribution in [2.45, 2.75) is 27.7 Å². The highest BCUT2D eigenvalue weighted by Crippen LogP contribution is 2.27. The lowest BCUT2D eigenvalue weighted by Gasteiger charge is -2.10. The molecule has 0 aromatic heterocycles. The minimum absolute atomic E-state index is 0.0830. The maximum absolute atomic E-state index is 4.17. The van der Waals surface area contributed by atoms with Crippen LogP contribution < -0.4 is 0 Å². The van der Waals surface area contributed by atoms with Crippen molar-refractivity contribution in [3.05, 3.63) is 75.7 Å². The highest BCUT2D eigenvalue weighted by atomic mass is 32.2. The molecule has 0 amide bonds. The fourth-order valence-electron chi connectivity index (χ4n) is 2.33. The predicted molar refractivity (Wildman–Crippen MR) is 100 cm³/mol. The van der Waals surface area contributed by atoms with Crippen molar-refractivity contribution in [3.8, 4) is 0 Å². The van der Waals surface area contributed by atoms with Crippen LogP contribution in [-0.2, 0) is 0 Å². The second-order valence-corrected chi connectivity index (χ2v) is 7.65. The van der Waals surface area contributed by atoms with E-state index in [1.807, 2.05) is 0 Å². The molecule has 0 aliphatic carbocycles. The molecule has 0 saturated carbocycles. The van der Waals surface area contributed by atoms with Crippen LogP contribution in [0, 0.1) is 20.8 Å². The molecule has 1 atom stereocenters. The zero-order chi connectivity index (χ0) is 15.6. The van der Waals surface area contributed by atoms with Crippen molar-refractivity contribution < 1.29 is 0 Å². The molecule has 1 aromatic rings. The van der Waals surface area contributed by atoms with Crippen LogP contribution in [0.3, 0.4) is 0 Å². The first-order valence-electron chi connectivity index (χ1n) is 7.22. The van der Waals surface area contributed by atoms with Gasteiger partial charge in [0.05, 0.1) is 0 Å². The van der Waals surface area contributed by atoms with E-state index in [4.69, 9.17) is 0 Å². The van der Waals surface area contributed by atoms with Crippen molar-refractivity contribution in [2.75, 3.05) is 6.26 Å². The largest absolute Gasteiger partial charge is 0.158 e. The van der Waals surface area contributed by atoms with E-state index in [0.717, 1.165) is 0 Å². The molecular weight excluding hydrogens is 272 g/mol. The standard InChI is InChI=1S/C20H24S/c1-14-7-8-19(9-10-21(6)17(4)11-14)20-12-15(2)18(5)16(3)13-20/h7-13H,4H2,1-3,5-6H3/b8-7+,14-11?,19-9+. The number of hydrogen-bond acceptors (Lipinski definition) is 0. The molecule has 1 heteroatoms. The van der Waals surface area contributed by atoms with E-state index in [9.17, 15) is 0 Å². The Morgan fingerprint density at radius 1 is 0.952 bits per heavy atom. The van der Waals surface area contributed by atoms with Crippen LogP contribution in [0.15, 0.2) is 53.5 Å². The minimum Gasteiger partial charge on any atom is -0.158 e. The van der Waals surface area contributed by atoms with E-state index in [0.29, 0.717) is 0 Å². The lowest BCUT2D eigenvalue weighted by atomic mass is 9.96. The van der Waals surface area contributed by atoms with E-state index in [-0.39, 0.29) is 10.5 Å². The van der Waals surface area contributed by atoms with Gasteiger partial charge in [0.15, 0.2) is 0 Å². The molecule has 110 valence electrons. The molecule has 1 aliphatic rings. The number of hydrogen-bond donors (Lipinski definition) is 0. The van der Waals surface area contributed by atoms with Gasteiger partial charge in [0.25, 0.3) is 0 Å². The summed E-state index contributed by atoms with van der Waals surface area (Å²) in [7, 11) is 0.0830. The summed E-state index contributed by atoms with van der Waals surface area (Å²) in [5.41, 5.74) is 7.90. The first-order chi connectivity index (χ1) is 9.88. The number of rotatable bonds is 1. The maximum atomic E-state index is 4.17. The number of benzene rings is 1. The summed E-state index contributed by atoms with van der Waals surface area (Å²) in [6.45, 7) is 12.9. The molecule has 1 heterocycles. The Kier molecular flexibility index (Phi) is 4.84. The third kappa shape index (κ3) is 3.74. The topological polar surface area (TPSA) is 0 Å². The maximum Gasteiger partial charge on any atom is -0.00557 e. The Labute approximate surface area is 131 Å². The summed E-state index contributed by atoms with van der Waals surface area (Å²) in [6.07, 6.45) is 11.0. The second kappa shape index (κ2) is 6.44. The molecule has 0 nitrogen and oxygen atoms in total. The molecule has 0 radical (unpaired) electrons. The van der Waals surface area contributed by atoms with Crippen LogP contribution in [0.2, 0.25) is 0 Å².